The minimum absolute atomic E-state index is 0.463. The average molecular weight is 280 g/mol. The molecule has 0 radical (unpaired) electrons. The van der Waals surface area contributed by atoms with Crippen LogP contribution >= 0.6 is 0 Å². The summed E-state index contributed by atoms with van der Waals surface area (Å²) in [5.74, 6) is 0.222. The minimum Gasteiger partial charge on any atom is -0.281 e. The van der Waals surface area contributed by atoms with E-state index in [1.165, 1.54) is 4.57 Å². The van der Waals surface area contributed by atoms with E-state index in [1.807, 2.05) is 19.9 Å². The van der Waals surface area contributed by atoms with Gasteiger partial charge in [0.15, 0.2) is 12.4 Å². The largest absolute Gasteiger partial charge is 0.326 e. The van der Waals surface area contributed by atoms with Crippen LogP contribution in [-0.4, -0.2) is 22.9 Å². The third-order valence-electron chi connectivity index (χ3n) is 2.47. The summed E-state index contributed by atoms with van der Waals surface area (Å²) in [5, 5.41) is 0. The molecule has 19 heavy (non-hydrogen) atoms. The van der Waals surface area contributed by atoms with Crippen molar-refractivity contribution < 1.29 is 17.5 Å². The van der Waals surface area contributed by atoms with E-state index in [1.54, 1.807) is 24.5 Å². The van der Waals surface area contributed by atoms with E-state index in [4.69, 9.17) is 4.55 Å². The maximum Gasteiger partial charge on any atom is 0.326 e. The van der Waals surface area contributed by atoms with Crippen LogP contribution in [0.3, 0.4) is 0 Å². The zero-order valence-corrected chi connectivity index (χ0v) is 11.4. The second-order valence-electron chi connectivity index (χ2n) is 4.25. The highest BCUT2D eigenvalue weighted by molar-refractivity contribution is 7.84. The fourth-order valence-corrected chi connectivity index (χ4v) is 2.32. The summed E-state index contributed by atoms with van der Waals surface area (Å²) in [6, 6.07) is 5.34. The molecule has 0 aliphatic carbocycles. The molecule has 6 nitrogen and oxygen atoms in total. The molecule has 1 N–H and O–H groups in total. The van der Waals surface area contributed by atoms with Crippen LogP contribution < -0.4 is 4.57 Å². The number of nitrogens with zero attached hydrogens (tertiary/aromatic N) is 3. The summed E-state index contributed by atoms with van der Waals surface area (Å²) in [6.45, 7) is 3.71. The molecule has 2 aromatic rings. The van der Waals surface area contributed by atoms with Crippen molar-refractivity contribution in [3.63, 3.8) is 0 Å². The lowest BCUT2D eigenvalue weighted by atomic mass is 10.2. The smallest absolute Gasteiger partial charge is 0.281 e. The number of pyridine rings is 1. The van der Waals surface area contributed by atoms with Gasteiger partial charge in [-0.25, -0.2) is 9.97 Å². The van der Waals surface area contributed by atoms with Crippen molar-refractivity contribution in [2.45, 2.75) is 19.7 Å². The molecule has 0 spiro atoms. The fraction of sp³-hybridized carbons (Fsp3) is 0.250. The van der Waals surface area contributed by atoms with E-state index in [9.17, 15) is 8.42 Å². The summed E-state index contributed by atoms with van der Waals surface area (Å²) < 4.78 is 31.7. The van der Waals surface area contributed by atoms with Crippen molar-refractivity contribution in [1.82, 2.24) is 9.97 Å². The summed E-state index contributed by atoms with van der Waals surface area (Å²) in [6.07, 6.45) is 3.16. The maximum atomic E-state index is 10.8. The van der Waals surface area contributed by atoms with Crippen molar-refractivity contribution in [3.8, 4) is 11.3 Å². The van der Waals surface area contributed by atoms with Gasteiger partial charge in [0.2, 0.25) is 0 Å². The van der Waals surface area contributed by atoms with Gasteiger partial charge in [-0.15, -0.1) is 0 Å². The van der Waals surface area contributed by atoms with Crippen LogP contribution in [0.25, 0.3) is 11.3 Å². The van der Waals surface area contributed by atoms with Gasteiger partial charge >= 0.3 is 10.1 Å². The van der Waals surface area contributed by atoms with Gasteiger partial charge in [0.25, 0.3) is 5.88 Å². The zero-order chi connectivity index (χ0) is 14.0. The summed E-state index contributed by atoms with van der Waals surface area (Å²) in [4.78, 5) is 8.52. The Morgan fingerprint density at radius 3 is 2.37 bits per heavy atom. The normalized spacial score (nSPS) is 11.5. The Morgan fingerprint density at radius 1 is 1.21 bits per heavy atom. The van der Waals surface area contributed by atoms with Crippen LogP contribution in [0.15, 0.2) is 30.6 Å². The highest BCUT2D eigenvalue weighted by Crippen LogP contribution is 2.15. The molecule has 2 aromatic heterocycles. The van der Waals surface area contributed by atoms with Gasteiger partial charge in [0.05, 0.1) is 5.69 Å². The highest BCUT2D eigenvalue weighted by Gasteiger charge is 2.13. The molecule has 0 saturated heterocycles. The second kappa shape index (κ2) is 5.02. The lowest BCUT2D eigenvalue weighted by molar-refractivity contribution is -0.678. The first-order chi connectivity index (χ1) is 8.83. The molecule has 7 heteroatoms. The molecule has 100 valence electrons. The van der Waals surface area contributed by atoms with Gasteiger partial charge in [-0.2, -0.15) is 13.0 Å². The molecule has 0 amide bonds. The Morgan fingerprint density at radius 2 is 1.84 bits per heavy atom. The number of rotatable bonds is 3. The maximum absolute atomic E-state index is 10.8. The lowest BCUT2D eigenvalue weighted by Gasteiger charge is -2.02. The van der Waals surface area contributed by atoms with E-state index in [2.05, 4.69) is 9.97 Å². The number of aromatic nitrogens is 3. The van der Waals surface area contributed by atoms with Crippen LogP contribution in [-0.2, 0) is 16.0 Å². The minimum atomic E-state index is -4.03. The first-order valence-corrected chi connectivity index (χ1v) is 7.21. The van der Waals surface area contributed by atoms with E-state index in [0.717, 1.165) is 17.0 Å². The van der Waals surface area contributed by atoms with Crippen molar-refractivity contribution >= 4 is 10.1 Å². The van der Waals surface area contributed by atoms with E-state index >= 15 is 0 Å². The van der Waals surface area contributed by atoms with E-state index in [0.29, 0.717) is 5.82 Å². The van der Waals surface area contributed by atoms with Crippen molar-refractivity contribution in [2.24, 2.45) is 0 Å². The lowest BCUT2D eigenvalue weighted by Crippen LogP contribution is -2.36. The standard InChI is InChI=1S/C12H13N3O3S/c1-9-7-12(14-10(2)13-9)11-3-5-15(6-4-11)8-19(16,17)18/h3-7H,8H2,1-2H3/p+1. The van der Waals surface area contributed by atoms with Crippen LogP contribution in [0.1, 0.15) is 11.5 Å². The molecule has 2 rings (SSSR count). The molecule has 0 saturated carbocycles. The highest BCUT2D eigenvalue weighted by atomic mass is 32.2. The summed E-state index contributed by atoms with van der Waals surface area (Å²) in [7, 11) is -4.03. The van der Waals surface area contributed by atoms with Crippen LogP contribution in [0.5, 0.6) is 0 Å². The fourth-order valence-electron chi connectivity index (χ4n) is 1.77. The Kier molecular flexibility index (Phi) is 3.59. The van der Waals surface area contributed by atoms with Crippen molar-refractivity contribution in [1.29, 1.82) is 0 Å². The predicted molar refractivity (Wildman–Crippen MR) is 68.7 cm³/mol. The van der Waals surface area contributed by atoms with E-state index in [-0.39, 0.29) is 0 Å². The summed E-state index contributed by atoms with van der Waals surface area (Å²) in [5.41, 5.74) is 2.52. The molecule has 0 aromatic carbocycles. The van der Waals surface area contributed by atoms with Gasteiger partial charge in [0, 0.05) is 23.4 Å². The van der Waals surface area contributed by atoms with Gasteiger partial charge < -0.3 is 0 Å². The second-order valence-corrected chi connectivity index (χ2v) is 5.68. The SMILES string of the molecule is Cc1cc(-c2cc[n+](CS(=O)(=O)O)cc2)nc(C)n1. The Bertz CT molecular complexity index is 676. The Labute approximate surface area is 111 Å². The number of hydrogen-bond donors (Lipinski definition) is 1. The zero-order valence-electron chi connectivity index (χ0n) is 10.6. The Hall–Kier alpha value is -1.86. The molecule has 0 fully saturated rings. The summed E-state index contributed by atoms with van der Waals surface area (Å²) >= 11 is 0. The first kappa shape index (κ1) is 13.6. The first-order valence-electron chi connectivity index (χ1n) is 5.60. The van der Waals surface area contributed by atoms with Gasteiger partial charge in [-0.05, 0) is 19.9 Å². The van der Waals surface area contributed by atoms with Gasteiger partial charge in [0.1, 0.15) is 5.82 Å². The third kappa shape index (κ3) is 3.80. The molecular formula is C12H14N3O3S+. The number of hydrogen-bond acceptors (Lipinski definition) is 4. The van der Waals surface area contributed by atoms with E-state index < -0.39 is 16.0 Å². The molecule has 2 heterocycles. The van der Waals surface area contributed by atoms with Gasteiger partial charge in [-0.3, -0.25) is 4.55 Å². The van der Waals surface area contributed by atoms with Crippen LogP contribution in [0.2, 0.25) is 0 Å². The van der Waals surface area contributed by atoms with Crippen LogP contribution in [0, 0.1) is 13.8 Å². The molecule has 0 atom stereocenters. The molecule has 0 aliphatic heterocycles. The quantitative estimate of drug-likeness (QED) is 0.667. The van der Waals surface area contributed by atoms with Crippen LogP contribution in [0.4, 0.5) is 0 Å². The monoisotopic (exact) mass is 280 g/mol. The predicted octanol–water partition coefficient (Wildman–Crippen LogP) is 0.893. The molecule has 0 bridgehead atoms. The van der Waals surface area contributed by atoms with Crippen molar-refractivity contribution in [2.75, 3.05) is 0 Å². The van der Waals surface area contributed by atoms with Gasteiger partial charge in [-0.1, -0.05) is 0 Å². The number of aryl methyl sites for hydroxylation is 2. The molecular weight excluding hydrogens is 266 g/mol. The van der Waals surface area contributed by atoms with Crippen molar-refractivity contribution in [3.05, 3.63) is 42.1 Å². The molecule has 0 unspecified atom stereocenters. The average Bonchev–Trinajstić information content (AvgIpc) is 2.26. The third-order valence-corrected chi connectivity index (χ3v) is 3.09. The Balaban J connectivity index is 2.32. The molecule has 0 aliphatic rings. The topological polar surface area (TPSA) is 84.0 Å².